The molecule has 0 unspecified atom stereocenters. The molecule has 0 bridgehead atoms. The van der Waals surface area contributed by atoms with Gasteiger partial charge in [0, 0.05) is 44.7 Å². The van der Waals surface area contributed by atoms with Gasteiger partial charge in [0.05, 0.1) is 22.4 Å². The first kappa shape index (κ1) is 36.3. The van der Waals surface area contributed by atoms with Gasteiger partial charge < -0.3 is 0 Å². The Labute approximate surface area is 370 Å². The fraction of sp³-hybridized carbons (Fsp3) is 0.0161. The molecule has 12 aromatic rings. The zero-order valence-corrected chi connectivity index (χ0v) is 34.9. The highest BCUT2D eigenvalue weighted by atomic mass is 14.7. The molecule has 0 amide bonds. The van der Waals surface area contributed by atoms with Gasteiger partial charge in [-0.25, -0.2) is 9.97 Å². The molecule has 0 fully saturated rings. The van der Waals surface area contributed by atoms with E-state index >= 15 is 0 Å². The van der Waals surface area contributed by atoms with Crippen molar-refractivity contribution >= 4 is 87.3 Å². The summed E-state index contributed by atoms with van der Waals surface area (Å²) in [6.07, 6.45) is 7.29. The maximum atomic E-state index is 5.42. The smallest absolute Gasteiger partial charge is 0.0794 e. The quantitative estimate of drug-likeness (QED) is 0.131. The first-order valence-corrected chi connectivity index (χ1v) is 22.0. The molecule has 0 aliphatic heterocycles. The minimum Gasteiger partial charge on any atom is -0.247 e. The predicted octanol–water partition coefficient (Wildman–Crippen LogP) is 16.4. The molecule has 10 aromatic carbocycles. The van der Waals surface area contributed by atoms with E-state index in [1.807, 2.05) is 6.07 Å². The van der Waals surface area contributed by atoms with E-state index in [2.05, 4.69) is 218 Å². The number of nitrogens with zero attached hydrogens (tertiary/aromatic N) is 2. The molecule has 64 heavy (non-hydrogen) atoms. The molecular formula is C62H38N2. The van der Waals surface area contributed by atoms with Gasteiger partial charge in [-0.15, -0.1) is 5.73 Å². The van der Waals surface area contributed by atoms with Crippen molar-refractivity contribution in [3.63, 3.8) is 0 Å². The number of pyridine rings is 2. The van der Waals surface area contributed by atoms with Crippen molar-refractivity contribution in [2.45, 2.75) is 6.42 Å². The van der Waals surface area contributed by atoms with Crippen LogP contribution in [0.5, 0.6) is 0 Å². The van der Waals surface area contributed by atoms with Crippen molar-refractivity contribution in [3.8, 4) is 33.6 Å². The van der Waals surface area contributed by atoms with E-state index in [4.69, 9.17) is 9.97 Å². The van der Waals surface area contributed by atoms with Crippen LogP contribution in [-0.2, 0) is 6.42 Å². The molecule has 296 valence electrons. The van der Waals surface area contributed by atoms with Crippen molar-refractivity contribution in [3.05, 3.63) is 235 Å². The van der Waals surface area contributed by atoms with Crippen LogP contribution >= 0.6 is 0 Å². The van der Waals surface area contributed by atoms with E-state index in [1.165, 1.54) is 81.5 Å². The highest BCUT2D eigenvalue weighted by Gasteiger charge is 2.18. The summed E-state index contributed by atoms with van der Waals surface area (Å²) >= 11 is 0. The Morgan fingerprint density at radius 1 is 0.375 bits per heavy atom. The topological polar surface area (TPSA) is 25.8 Å². The lowest BCUT2D eigenvalue weighted by molar-refractivity contribution is 1.25. The van der Waals surface area contributed by atoms with Crippen LogP contribution in [0.4, 0.5) is 0 Å². The van der Waals surface area contributed by atoms with E-state index in [0.29, 0.717) is 0 Å². The lowest BCUT2D eigenvalue weighted by Crippen LogP contribution is -1.95. The maximum absolute atomic E-state index is 5.42. The fourth-order valence-electron chi connectivity index (χ4n) is 10.2. The second-order valence-corrected chi connectivity index (χ2v) is 16.9. The molecule has 13 rings (SSSR count). The van der Waals surface area contributed by atoms with Gasteiger partial charge in [-0.3, -0.25) is 0 Å². The zero-order valence-electron chi connectivity index (χ0n) is 34.9. The first-order chi connectivity index (χ1) is 31.7. The second-order valence-electron chi connectivity index (χ2n) is 16.9. The van der Waals surface area contributed by atoms with Crippen molar-refractivity contribution in [2.24, 2.45) is 0 Å². The Hall–Kier alpha value is -8.42. The summed E-state index contributed by atoms with van der Waals surface area (Å²) in [5.74, 6) is 0. The van der Waals surface area contributed by atoms with Gasteiger partial charge in [-0.05, 0) is 113 Å². The number of rotatable bonds is 4. The zero-order chi connectivity index (χ0) is 42.1. The molecule has 0 spiro atoms. The first-order valence-electron chi connectivity index (χ1n) is 22.0. The van der Waals surface area contributed by atoms with E-state index in [9.17, 15) is 0 Å². The summed E-state index contributed by atoms with van der Waals surface area (Å²) < 4.78 is 0. The Morgan fingerprint density at radius 2 is 0.984 bits per heavy atom. The van der Waals surface area contributed by atoms with Crippen molar-refractivity contribution in [1.29, 1.82) is 0 Å². The van der Waals surface area contributed by atoms with Gasteiger partial charge in [-0.1, -0.05) is 176 Å². The summed E-state index contributed by atoms with van der Waals surface area (Å²) in [6.45, 7) is 0. The number of hydrogen-bond donors (Lipinski definition) is 0. The highest BCUT2D eigenvalue weighted by Crippen LogP contribution is 2.43. The van der Waals surface area contributed by atoms with Crippen molar-refractivity contribution in [2.75, 3.05) is 0 Å². The molecular weight excluding hydrogens is 773 g/mol. The molecule has 1 aliphatic carbocycles. The van der Waals surface area contributed by atoms with Crippen LogP contribution in [0.2, 0.25) is 0 Å². The number of allylic oxidation sites excluding steroid dienone is 2. The Balaban J connectivity index is 0.873. The summed E-state index contributed by atoms with van der Waals surface area (Å²) in [5, 5.41) is 14.6. The Bertz CT molecular complexity index is 4020. The summed E-state index contributed by atoms with van der Waals surface area (Å²) in [7, 11) is 0. The number of benzene rings is 10. The van der Waals surface area contributed by atoms with E-state index in [1.54, 1.807) is 0 Å². The van der Waals surface area contributed by atoms with Crippen LogP contribution < -0.4 is 0 Å². The summed E-state index contributed by atoms with van der Waals surface area (Å²) in [6, 6.07) is 72.5. The van der Waals surface area contributed by atoms with Crippen LogP contribution in [0.3, 0.4) is 0 Å². The van der Waals surface area contributed by atoms with Gasteiger partial charge in [-0.2, -0.15) is 0 Å². The van der Waals surface area contributed by atoms with Crippen LogP contribution in [0.25, 0.3) is 121 Å². The second kappa shape index (κ2) is 14.6. The molecule has 0 atom stereocenters. The standard InChI is InChI=1S/C62H38N2/c1-2-12-39(13-3-1)40-14-11-22-51-41(25-24-40)26-27-42-32-35-57(63-61(42)51)47-31-34-50-46(38-47)29-28-45-36-44(30-33-49(45)50)43-15-10-16-48(37-43)62-60-55-20-7-5-18-53(55)52-17-4-6-19-54(52)59(60)56-21-8-9-23-58(56)64-62/h1-13,15-21,23-38H,22H2/b25-24-. The summed E-state index contributed by atoms with van der Waals surface area (Å²) in [4.78, 5) is 10.7. The van der Waals surface area contributed by atoms with E-state index in [-0.39, 0.29) is 0 Å². The number of para-hydroxylation sites is 1. The fourth-order valence-corrected chi connectivity index (χ4v) is 10.2. The molecule has 0 radical (unpaired) electrons. The molecule has 2 nitrogen and oxygen atoms in total. The van der Waals surface area contributed by atoms with Gasteiger partial charge in [0.25, 0.3) is 0 Å². The summed E-state index contributed by atoms with van der Waals surface area (Å²) in [5.41, 5.74) is 16.8. The molecule has 2 heterocycles. The van der Waals surface area contributed by atoms with E-state index < -0.39 is 0 Å². The van der Waals surface area contributed by atoms with Gasteiger partial charge in [0.1, 0.15) is 0 Å². The normalized spacial score (nSPS) is 13.2. The molecule has 0 N–H and O–H groups in total. The molecule has 2 heteroatoms. The Kier molecular flexibility index (Phi) is 8.27. The van der Waals surface area contributed by atoms with Crippen LogP contribution in [0.1, 0.15) is 16.7 Å². The number of hydrogen-bond acceptors (Lipinski definition) is 2. The minimum atomic E-state index is 0.769. The van der Waals surface area contributed by atoms with Gasteiger partial charge in [0.15, 0.2) is 0 Å². The number of aromatic nitrogens is 2. The maximum Gasteiger partial charge on any atom is 0.0794 e. The molecule has 2 aromatic heterocycles. The van der Waals surface area contributed by atoms with Crippen molar-refractivity contribution in [1.82, 2.24) is 9.97 Å². The van der Waals surface area contributed by atoms with Crippen molar-refractivity contribution < 1.29 is 0 Å². The largest absolute Gasteiger partial charge is 0.247 e. The van der Waals surface area contributed by atoms with Gasteiger partial charge >= 0.3 is 0 Å². The molecule has 0 saturated heterocycles. The third kappa shape index (κ3) is 5.89. The van der Waals surface area contributed by atoms with Crippen LogP contribution in [0, 0.1) is 0 Å². The minimum absolute atomic E-state index is 0.769. The lowest BCUT2D eigenvalue weighted by atomic mass is 9.89. The van der Waals surface area contributed by atoms with Crippen LogP contribution in [0.15, 0.2) is 218 Å². The monoisotopic (exact) mass is 810 g/mol. The average molecular weight is 811 g/mol. The third-order valence-corrected chi connectivity index (χ3v) is 13.3. The third-order valence-electron chi connectivity index (χ3n) is 13.3. The predicted molar refractivity (Wildman–Crippen MR) is 272 cm³/mol. The van der Waals surface area contributed by atoms with Gasteiger partial charge in [0.2, 0.25) is 0 Å². The average Bonchev–Trinajstić information content (AvgIpc) is 3.36. The molecule has 0 saturated carbocycles. The molecule has 1 aliphatic rings. The highest BCUT2D eigenvalue weighted by molar-refractivity contribution is 6.33. The van der Waals surface area contributed by atoms with Crippen LogP contribution in [-0.4, -0.2) is 9.97 Å². The Morgan fingerprint density at radius 3 is 1.78 bits per heavy atom. The van der Waals surface area contributed by atoms with E-state index in [0.717, 1.165) is 56.5 Å². The SMILES string of the molecule is C1=CCc2c(ccc3ccc(-c4ccc5c(ccc6cc(-c7cccc(-c8nc9ccccc9c9c%10ccccc%10c%10ccccc%10c89)c7)ccc65)c4)nc23)/C=C\C=1c1ccccc1. The lowest BCUT2D eigenvalue weighted by Gasteiger charge is -2.16. The number of fused-ring (bicyclic) bond motifs is 14.